The van der Waals surface area contributed by atoms with E-state index >= 15 is 0 Å². The molecular formula is C12H26O2Si. The Kier molecular flexibility index (Phi) is 6.90. The summed E-state index contributed by atoms with van der Waals surface area (Å²) >= 11 is 0. The Hall–Kier alpha value is -0.313. The van der Waals surface area contributed by atoms with Crippen molar-refractivity contribution < 1.29 is 9.53 Å². The van der Waals surface area contributed by atoms with Gasteiger partial charge in [-0.2, -0.15) is 0 Å². The van der Waals surface area contributed by atoms with E-state index in [0.29, 0.717) is 6.61 Å². The molecule has 0 aliphatic heterocycles. The molecule has 0 saturated carbocycles. The van der Waals surface area contributed by atoms with Gasteiger partial charge in [-0.15, -0.1) is 0 Å². The van der Waals surface area contributed by atoms with E-state index in [0.717, 1.165) is 25.3 Å². The minimum absolute atomic E-state index is 0.0216. The summed E-state index contributed by atoms with van der Waals surface area (Å²) in [5.74, 6) is 0.171. The zero-order valence-electron chi connectivity index (χ0n) is 10.9. The van der Waals surface area contributed by atoms with Crippen LogP contribution in [0.15, 0.2) is 0 Å². The average Bonchev–Trinajstić information content (AvgIpc) is 2.10. The first-order valence-corrected chi connectivity index (χ1v) is 9.78. The summed E-state index contributed by atoms with van der Waals surface area (Å²) in [5.41, 5.74) is 0. The monoisotopic (exact) mass is 230 g/mol. The largest absolute Gasteiger partial charge is 0.466 e. The molecule has 0 bridgehead atoms. The molecule has 0 spiro atoms. The van der Waals surface area contributed by atoms with E-state index in [4.69, 9.17) is 4.74 Å². The zero-order valence-corrected chi connectivity index (χ0v) is 11.9. The van der Waals surface area contributed by atoms with Crippen LogP contribution in [0.3, 0.4) is 0 Å². The van der Waals surface area contributed by atoms with E-state index in [1.165, 1.54) is 0 Å². The molecule has 0 aromatic rings. The summed E-state index contributed by atoms with van der Waals surface area (Å²) in [6, 6.07) is 1.06. The fourth-order valence-corrected chi connectivity index (χ4v) is 3.60. The molecular weight excluding hydrogens is 204 g/mol. The van der Waals surface area contributed by atoms with Gasteiger partial charge >= 0.3 is 5.97 Å². The topological polar surface area (TPSA) is 26.3 Å². The third kappa shape index (κ3) is 7.60. The predicted octanol–water partition coefficient (Wildman–Crippen LogP) is 3.69. The van der Waals surface area contributed by atoms with Crippen LogP contribution in [0.5, 0.6) is 0 Å². The normalized spacial score (nSPS) is 13.7. The Morgan fingerprint density at radius 1 is 1.27 bits per heavy atom. The lowest BCUT2D eigenvalue weighted by molar-refractivity contribution is -0.147. The lowest BCUT2D eigenvalue weighted by Gasteiger charge is -2.23. The summed E-state index contributed by atoms with van der Waals surface area (Å²) in [7, 11) is -1.16. The summed E-state index contributed by atoms with van der Waals surface area (Å²) in [5, 5.41) is 0. The van der Waals surface area contributed by atoms with Crippen molar-refractivity contribution in [3.8, 4) is 0 Å². The van der Waals surface area contributed by atoms with Gasteiger partial charge in [0.25, 0.3) is 0 Å². The molecule has 1 unspecified atom stereocenters. The molecule has 0 amide bonds. The number of hydrogen-bond acceptors (Lipinski definition) is 2. The molecule has 0 saturated heterocycles. The molecule has 0 aromatic carbocycles. The minimum atomic E-state index is -1.16. The maximum absolute atomic E-state index is 11.7. The predicted molar refractivity (Wildman–Crippen MR) is 67.8 cm³/mol. The number of ether oxygens (including phenoxy) is 1. The van der Waals surface area contributed by atoms with Crippen molar-refractivity contribution >= 4 is 14.0 Å². The van der Waals surface area contributed by atoms with E-state index < -0.39 is 8.07 Å². The van der Waals surface area contributed by atoms with Crippen LogP contribution in [0.4, 0.5) is 0 Å². The van der Waals surface area contributed by atoms with Crippen LogP contribution in [0.1, 0.15) is 33.1 Å². The second-order valence-corrected chi connectivity index (χ2v) is 10.9. The first kappa shape index (κ1) is 14.7. The van der Waals surface area contributed by atoms with Crippen LogP contribution in [0.25, 0.3) is 0 Å². The van der Waals surface area contributed by atoms with Crippen molar-refractivity contribution in [3.63, 3.8) is 0 Å². The van der Waals surface area contributed by atoms with E-state index in [-0.39, 0.29) is 11.9 Å². The fourth-order valence-electron chi connectivity index (χ4n) is 1.75. The van der Waals surface area contributed by atoms with Crippen LogP contribution in [0, 0.1) is 5.92 Å². The number of rotatable bonds is 7. The van der Waals surface area contributed by atoms with Gasteiger partial charge in [-0.25, -0.2) is 0 Å². The zero-order chi connectivity index (χ0) is 11.9. The highest BCUT2D eigenvalue weighted by Crippen LogP contribution is 2.23. The fraction of sp³-hybridized carbons (Fsp3) is 0.917. The van der Waals surface area contributed by atoms with Gasteiger partial charge in [0.15, 0.2) is 0 Å². The van der Waals surface area contributed by atoms with Crippen molar-refractivity contribution in [2.75, 3.05) is 6.61 Å². The Labute approximate surface area is 95.4 Å². The van der Waals surface area contributed by atoms with Gasteiger partial charge in [0.05, 0.1) is 12.5 Å². The molecule has 90 valence electrons. The third-order valence-corrected chi connectivity index (χ3v) is 4.10. The smallest absolute Gasteiger partial charge is 0.308 e. The lowest BCUT2D eigenvalue weighted by Crippen LogP contribution is -2.29. The van der Waals surface area contributed by atoms with E-state index in [2.05, 4.69) is 26.6 Å². The first-order chi connectivity index (χ1) is 6.90. The number of esters is 1. The minimum Gasteiger partial charge on any atom is -0.466 e. The van der Waals surface area contributed by atoms with Crippen LogP contribution in [0.2, 0.25) is 25.7 Å². The van der Waals surface area contributed by atoms with Crippen LogP contribution < -0.4 is 0 Å². The maximum Gasteiger partial charge on any atom is 0.308 e. The van der Waals surface area contributed by atoms with Crippen molar-refractivity contribution in [1.82, 2.24) is 0 Å². The quantitative estimate of drug-likeness (QED) is 0.492. The van der Waals surface area contributed by atoms with E-state index in [1.807, 2.05) is 6.92 Å². The van der Waals surface area contributed by atoms with Gasteiger partial charge in [0, 0.05) is 8.07 Å². The molecule has 0 heterocycles. The van der Waals surface area contributed by atoms with Crippen molar-refractivity contribution in [2.45, 2.75) is 58.8 Å². The maximum atomic E-state index is 11.7. The highest BCUT2D eigenvalue weighted by atomic mass is 28.3. The van der Waals surface area contributed by atoms with Crippen molar-refractivity contribution in [1.29, 1.82) is 0 Å². The molecule has 0 N–H and O–H groups in total. The highest BCUT2D eigenvalue weighted by molar-refractivity contribution is 6.76. The number of hydrogen-bond donors (Lipinski definition) is 0. The second kappa shape index (κ2) is 7.04. The molecule has 0 aromatic heterocycles. The molecule has 0 fully saturated rings. The Bertz CT molecular complexity index is 185. The molecule has 1 atom stereocenters. The first-order valence-electron chi connectivity index (χ1n) is 6.07. The number of carbonyl (C=O) groups excluding carboxylic acids is 1. The molecule has 0 aliphatic carbocycles. The van der Waals surface area contributed by atoms with Gasteiger partial charge < -0.3 is 4.74 Å². The molecule has 0 radical (unpaired) electrons. The summed E-state index contributed by atoms with van der Waals surface area (Å²) in [6.45, 7) is 11.5. The molecule has 2 nitrogen and oxygen atoms in total. The van der Waals surface area contributed by atoms with Gasteiger partial charge in [0.2, 0.25) is 0 Å². The van der Waals surface area contributed by atoms with Gasteiger partial charge in [0.1, 0.15) is 0 Å². The number of unbranched alkanes of at least 4 members (excludes halogenated alkanes) is 1. The SMILES string of the molecule is CCCCC(C[Si](C)(C)C)C(=O)OCC. The lowest BCUT2D eigenvalue weighted by atomic mass is 10.0. The Morgan fingerprint density at radius 2 is 1.87 bits per heavy atom. The molecule has 0 aliphatic rings. The van der Waals surface area contributed by atoms with Crippen LogP contribution in [-0.2, 0) is 9.53 Å². The molecule has 3 heteroatoms. The van der Waals surface area contributed by atoms with Gasteiger partial charge in [-0.05, 0) is 19.4 Å². The summed E-state index contributed by atoms with van der Waals surface area (Å²) in [4.78, 5) is 11.7. The van der Waals surface area contributed by atoms with Gasteiger partial charge in [-0.3, -0.25) is 4.79 Å². The highest BCUT2D eigenvalue weighted by Gasteiger charge is 2.26. The Balaban J connectivity index is 4.23. The van der Waals surface area contributed by atoms with Crippen LogP contribution in [-0.4, -0.2) is 20.7 Å². The second-order valence-electron chi connectivity index (χ2n) is 5.36. The third-order valence-electron chi connectivity index (χ3n) is 2.38. The van der Waals surface area contributed by atoms with Crippen molar-refractivity contribution in [3.05, 3.63) is 0 Å². The standard InChI is InChI=1S/C12H26O2Si/c1-6-8-9-11(10-15(3,4)5)12(13)14-7-2/h11H,6-10H2,1-5H3. The van der Waals surface area contributed by atoms with Crippen LogP contribution >= 0.6 is 0 Å². The summed E-state index contributed by atoms with van der Waals surface area (Å²) < 4.78 is 5.13. The summed E-state index contributed by atoms with van der Waals surface area (Å²) in [6.07, 6.45) is 3.29. The van der Waals surface area contributed by atoms with E-state index in [9.17, 15) is 4.79 Å². The molecule has 15 heavy (non-hydrogen) atoms. The van der Waals surface area contributed by atoms with Gasteiger partial charge in [-0.1, -0.05) is 39.4 Å². The number of carbonyl (C=O) groups is 1. The molecule has 0 rings (SSSR count). The van der Waals surface area contributed by atoms with E-state index in [1.54, 1.807) is 0 Å². The van der Waals surface area contributed by atoms with Crippen molar-refractivity contribution in [2.24, 2.45) is 5.92 Å². The Morgan fingerprint density at radius 3 is 2.27 bits per heavy atom. The average molecular weight is 230 g/mol.